The van der Waals surface area contributed by atoms with Crippen LogP contribution in [0.5, 0.6) is 0 Å². The summed E-state index contributed by atoms with van der Waals surface area (Å²) in [6.45, 7) is 9.50. The van der Waals surface area contributed by atoms with E-state index in [2.05, 4.69) is 27.7 Å². The average molecular weight is 186 g/mol. The molecule has 0 aromatic heterocycles. The van der Waals surface area contributed by atoms with Gasteiger partial charge >= 0.3 is 0 Å². The topological polar surface area (TPSA) is 20.2 Å². The summed E-state index contributed by atoms with van der Waals surface area (Å²) in [5, 5.41) is 8.77. The zero-order chi connectivity index (χ0) is 10.3. The second-order valence-corrected chi connectivity index (χ2v) is 4.84. The quantitative estimate of drug-likeness (QED) is 0.645. The highest BCUT2D eigenvalue weighted by Gasteiger charge is 2.12. The molecule has 0 aliphatic rings. The van der Waals surface area contributed by atoms with Gasteiger partial charge in [-0.2, -0.15) is 0 Å². The van der Waals surface area contributed by atoms with E-state index in [9.17, 15) is 0 Å². The molecule has 0 fully saturated rings. The Morgan fingerprint density at radius 3 is 1.92 bits per heavy atom. The molecule has 0 saturated carbocycles. The van der Waals surface area contributed by atoms with Crippen LogP contribution in [0.2, 0.25) is 0 Å². The Hall–Kier alpha value is -0.0400. The Morgan fingerprint density at radius 1 is 0.923 bits per heavy atom. The molecule has 13 heavy (non-hydrogen) atoms. The van der Waals surface area contributed by atoms with E-state index in [4.69, 9.17) is 5.11 Å². The molecule has 0 bridgehead atoms. The summed E-state index contributed by atoms with van der Waals surface area (Å²) in [7, 11) is 0. The standard InChI is InChI=1S/C12H26O/c1-10(2)7-8-12(11(3)4)6-5-9-13/h10-13H,5-9H2,1-4H3/t12-/m1/s1. The summed E-state index contributed by atoms with van der Waals surface area (Å²) in [6, 6.07) is 0. The molecule has 0 aromatic rings. The molecule has 0 saturated heterocycles. The van der Waals surface area contributed by atoms with Gasteiger partial charge in [0.1, 0.15) is 0 Å². The van der Waals surface area contributed by atoms with Gasteiger partial charge in [0.15, 0.2) is 0 Å². The van der Waals surface area contributed by atoms with Gasteiger partial charge in [-0.25, -0.2) is 0 Å². The van der Waals surface area contributed by atoms with Crippen molar-refractivity contribution in [1.29, 1.82) is 0 Å². The summed E-state index contributed by atoms with van der Waals surface area (Å²) < 4.78 is 0. The van der Waals surface area contributed by atoms with E-state index in [1.54, 1.807) is 0 Å². The lowest BCUT2D eigenvalue weighted by molar-refractivity contribution is 0.243. The Kier molecular flexibility index (Phi) is 7.35. The Labute approximate surface area is 83.5 Å². The fraction of sp³-hybridized carbons (Fsp3) is 1.00. The average Bonchev–Trinajstić information content (AvgIpc) is 2.03. The SMILES string of the molecule is CC(C)CC[C@@H](CCCO)C(C)C. The number of aliphatic hydroxyl groups is 1. The highest BCUT2D eigenvalue weighted by molar-refractivity contribution is 4.64. The monoisotopic (exact) mass is 186 g/mol. The van der Waals surface area contributed by atoms with Crippen LogP contribution in [0.25, 0.3) is 0 Å². The summed E-state index contributed by atoms with van der Waals surface area (Å²) >= 11 is 0. The van der Waals surface area contributed by atoms with Crippen LogP contribution in [0.15, 0.2) is 0 Å². The van der Waals surface area contributed by atoms with Crippen molar-refractivity contribution in [2.75, 3.05) is 6.61 Å². The smallest absolute Gasteiger partial charge is 0.0431 e. The molecule has 1 atom stereocenters. The van der Waals surface area contributed by atoms with Crippen molar-refractivity contribution < 1.29 is 5.11 Å². The van der Waals surface area contributed by atoms with Crippen molar-refractivity contribution >= 4 is 0 Å². The van der Waals surface area contributed by atoms with Gasteiger partial charge in [-0.1, -0.05) is 34.1 Å². The van der Waals surface area contributed by atoms with Gasteiger partial charge in [-0.05, 0) is 37.0 Å². The second-order valence-electron chi connectivity index (χ2n) is 4.84. The second kappa shape index (κ2) is 7.37. The minimum absolute atomic E-state index is 0.352. The summed E-state index contributed by atoms with van der Waals surface area (Å²) in [5.74, 6) is 2.40. The molecule has 1 nitrogen and oxygen atoms in total. The van der Waals surface area contributed by atoms with Crippen LogP contribution in [-0.2, 0) is 0 Å². The predicted octanol–water partition coefficient (Wildman–Crippen LogP) is 3.47. The van der Waals surface area contributed by atoms with Crippen molar-refractivity contribution in [3.8, 4) is 0 Å². The van der Waals surface area contributed by atoms with Gasteiger partial charge in [-0.3, -0.25) is 0 Å². The first-order valence-electron chi connectivity index (χ1n) is 5.68. The van der Waals surface area contributed by atoms with Crippen molar-refractivity contribution in [2.45, 2.75) is 53.4 Å². The maximum absolute atomic E-state index is 8.77. The molecular weight excluding hydrogens is 160 g/mol. The highest BCUT2D eigenvalue weighted by atomic mass is 16.2. The molecule has 0 radical (unpaired) electrons. The summed E-state index contributed by atoms with van der Waals surface area (Å²) in [4.78, 5) is 0. The highest BCUT2D eigenvalue weighted by Crippen LogP contribution is 2.24. The number of hydrogen-bond donors (Lipinski definition) is 1. The van der Waals surface area contributed by atoms with Crippen molar-refractivity contribution in [3.05, 3.63) is 0 Å². The van der Waals surface area contributed by atoms with E-state index in [-0.39, 0.29) is 0 Å². The van der Waals surface area contributed by atoms with E-state index in [1.165, 1.54) is 19.3 Å². The Morgan fingerprint density at radius 2 is 1.54 bits per heavy atom. The van der Waals surface area contributed by atoms with Crippen molar-refractivity contribution in [3.63, 3.8) is 0 Å². The molecule has 0 spiro atoms. The first-order valence-corrected chi connectivity index (χ1v) is 5.68. The number of aliphatic hydroxyl groups excluding tert-OH is 1. The van der Waals surface area contributed by atoms with Crippen LogP contribution in [-0.4, -0.2) is 11.7 Å². The van der Waals surface area contributed by atoms with Crippen LogP contribution in [0.1, 0.15) is 53.4 Å². The van der Waals surface area contributed by atoms with Crippen LogP contribution < -0.4 is 0 Å². The minimum atomic E-state index is 0.352. The van der Waals surface area contributed by atoms with E-state index < -0.39 is 0 Å². The van der Waals surface area contributed by atoms with E-state index >= 15 is 0 Å². The molecule has 0 rings (SSSR count). The largest absolute Gasteiger partial charge is 0.396 e. The van der Waals surface area contributed by atoms with Crippen LogP contribution >= 0.6 is 0 Å². The fourth-order valence-electron chi connectivity index (χ4n) is 1.71. The van der Waals surface area contributed by atoms with Crippen LogP contribution in [0, 0.1) is 17.8 Å². The number of hydrogen-bond acceptors (Lipinski definition) is 1. The van der Waals surface area contributed by atoms with Gasteiger partial charge < -0.3 is 5.11 Å². The Balaban J connectivity index is 3.67. The van der Waals surface area contributed by atoms with Crippen molar-refractivity contribution in [2.24, 2.45) is 17.8 Å². The van der Waals surface area contributed by atoms with Gasteiger partial charge in [0.2, 0.25) is 0 Å². The zero-order valence-corrected chi connectivity index (χ0v) is 9.71. The van der Waals surface area contributed by atoms with E-state index in [1.807, 2.05) is 0 Å². The van der Waals surface area contributed by atoms with Crippen LogP contribution in [0.3, 0.4) is 0 Å². The molecule has 0 unspecified atom stereocenters. The minimum Gasteiger partial charge on any atom is -0.396 e. The van der Waals surface area contributed by atoms with Gasteiger partial charge in [-0.15, -0.1) is 0 Å². The molecule has 0 amide bonds. The summed E-state index contributed by atoms with van der Waals surface area (Å²) in [6.07, 6.45) is 4.82. The first-order chi connectivity index (χ1) is 6.07. The van der Waals surface area contributed by atoms with Gasteiger partial charge in [0.25, 0.3) is 0 Å². The zero-order valence-electron chi connectivity index (χ0n) is 9.71. The number of rotatable bonds is 7. The lowest BCUT2D eigenvalue weighted by atomic mass is 9.85. The maximum Gasteiger partial charge on any atom is 0.0431 e. The Bertz CT molecular complexity index is 108. The normalized spacial score (nSPS) is 14.1. The van der Waals surface area contributed by atoms with Crippen LogP contribution in [0.4, 0.5) is 0 Å². The van der Waals surface area contributed by atoms with Crippen molar-refractivity contribution in [1.82, 2.24) is 0 Å². The maximum atomic E-state index is 8.77. The van der Waals surface area contributed by atoms with E-state index in [0.717, 1.165) is 24.2 Å². The van der Waals surface area contributed by atoms with Gasteiger partial charge in [0.05, 0.1) is 0 Å². The van der Waals surface area contributed by atoms with E-state index in [0.29, 0.717) is 6.61 Å². The molecule has 1 heteroatoms. The lowest BCUT2D eigenvalue weighted by Gasteiger charge is -2.21. The predicted molar refractivity (Wildman–Crippen MR) is 58.7 cm³/mol. The molecule has 0 aliphatic carbocycles. The lowest BCUT2D eigenvalue weighted by Crippen LogP contribution is -2.10. The molecule has 80 valence electrons. The third-order valence-electron chi connectivity index (χ3n) is 2.79. The molecule has 1 N–H and O–H groups in total. The molecule has 0 heterocycles. The van der Waals surface area contributed by atoms with Gasteiger partial charge in [0, 0.05) is 6.61 Å². The third kappa shape index (κ3) is 7.06. The molecule has 0 aromatic carbocycles. The summed E-state index contributed by atoms with van der Waals surface area (Å²) in [5.41, 5.74) is 0. The third-order valence-corrected chi connectivity index (χ3v) is 2.79. The fourth-order valence-corrected chi connectivity index (χ4v) is 1.71. The molecular formula is C12H26O. The first kappa shape index (κ1) is 13.0. The molecule has 0 aliphatic heterocycles.